The predicted octanol–water partition coefficient (Wildman–Crippen LogP) is 2.48. The summed E-state index contributed by atoms with van der Waals surface area (Å²) in [5.41, 5.74) is 1.22. The highest BCUT2D eigenvalue weighted by molar-refractivity contribution is 6.02. The van der Waals surface area contributed by atoms with Gasteiger partial charge in [0.25, 0.3) is 11.5 Å². The van der Waals surface area contributed by atoms with E-state index in [1.807, 2.05) is 36.4 Å². The zero-order valence-corrected chi connectivity index (χ0v) is 15.3. The average molecular weight is 372 g/mol. The van der Waals surface area contributed by atoms with E-state index in [0.29, 0.717) is 34.7 Å². The Morgan fingerprint density at radius 1 is 1.18 bits per heavy atom. The number of rotatable bonds is 3. The molecular formula is C22H20N4O2. The maximum absolute atomic E-state index is 13.1. The van der Waals surface area contributed by atoms with Crippen LogP contribution in [0.4, 0.5) is 0 Å². The Morgan fingerprint density at radius 2 is 2.00 bits per heavy atom. The molecule has 1 saturated heterocycles. The molecule has 1 aliphatic rings. The minimum atomic E-state index is -0.209. The fourth-order valence-electron chi connectivity index (χ4n) is 3.93. The van der Waals surface area contributed by atoms with Gasteiger partial charge in [-0.25, -0.2) is 4.98 Å². The molecular weight excluding hydrogens is 352 g/mol. The molecule has 2 aromatic carbocycles. The van der Waals surface area contributed by atoms with Crippen molar-refractivity contribution in [3.05, 3.63) is 70.6 Å². The van der Waals surface area contributed by atoms with Gasteiger partial charge in [-0.2, -0.15) is 0 Å². The molecule has 0 bridgehead atoms. The third-order valence-corrected chi connectivity index (χ3v) is 5.42. The van der Waals surface area contributed by atoms with E-state index in [4.69, 9.17) is 0 Å². The Balaban J connectivity index is 1.62. The summed E-state index contributed by atoms with van der Waals surface area (Å²) in [6.07, 6.45) is 3.85. The summed E-state index contributed by atoms with van der Waals surface area (Å²) in [5.74, 6) is -0.209. The second kappa shape index (κ2) is 6.73. The van der Waals surface area contributed by atoms with Crippen molar-refractivity contribution < 1.29 is 4.79 Å². The first-order valence-corrected chi connectivity index (χ1v) is 9.56. The molecule has 28 heavy (non-hydrogen) atoms. The summed E-state index contributed by atoms with van der Waals surface area (Å²) in [6, 6.07) is 15.4. The molecule has 0 aliphatic carbocycles. The normalized spacial score (nSPS) is 16.8. The minimum Gasteiger partial charge on any atom is -0.350 e. The molecule has 5 rings (SSSR count). The molecule has 140 valence electrons. The number of benzene rings is 2. The lowest BCUT2D eigenvalue weighted by molar-refractivity contribution is 0.0951. The highest BCUT2D eigenvalue weighted by atomic mass is 16.2. The zero-order chi connectivity index (χ0) is 19.1. The van der Waals surface area contributed by atoms with Gasteiger partial charge in [0.15, 0.2) is 5.65 Å². The van der Waals surface area contributed by atoms with Crippen molar-refractivity contribution in [3.8, 4) is 0 Å². The maximum atomic E-state index is 13.1. The Labute approximate surface area is 161 Å². The number of carbonyl (C=O) groups is 1. The molecule has 2 N–H and O–H groups in total. The maximum Gasteiger partial charge on any atom is 0.265 e. The Bertz CT molecular complexity index is 1270. The van der Waals surface area contributed by atoms with Crippen molar-refractivity contribution in [2.75, 3.05) is 13.1 Å². The third kappa shape index (κ3) is 2.82. The quantitative estimate of drug-likeness (QED) is 0.542. The fourth-order valence-corrected chi connectivity index (χ4v) is 3.93. The summed E-state index contributed by atoms with van der Waals surface area (Å²) < 4.78 is 1.46. The summed E-state index contributed by atoms with van der Waals surface area (Å²) >= 11 is 0. The van der Waals surface area contributed by atoms with Crippen molar-refractivity contribution >= 4 is 33.2 Å². The van der Waals surface area contributed by atoms with E-state index >= 15 is 0 Å². The van der Waals surface area contributed by atoms with Crippen molar-refractivity contribution in [2.24, 2.45) is 0 Å². The van der Waals surface area contributed by atoms with E-state index in [2.05, 4.69) is 15.6 Å². The van der Waals surface area contributed by atoms with Crippen LogP contribution in [0, 0.1) is 0 Å². The smallest absolute Gasteiger partial charge is 0.265 e. The van der Waals surface area contributed by atoms with Gasteiger partial charge in [0.2, 0.25) is 0 Å². The molecule has 1 aliphatic heterocycles. The molecule has 4 aromatic rings. The minimum absolute atomic E-state index is 0.169. The number of hydrogen-bond donors (Lipinski definition) is 2. The van der Waals surface area contributed by atoms with Gasteiger partial charge in [-0.1, -0.05) is 24.3 Å². The molecule has 1 unspecified atom stereocenters. The van der Waals surface area contributed by atoms with E-state index in [-0.39, 0.29) is 11.5 Å². The van der Waals surface area contributed by atoms with Crippen LogP contribution in [0.3, 0.4) is 0 Å². The van der Waals surface area contributed by atoms with Crippen molar-refractivity contribution in [3.63, 3.8) is 0 Å². The second-order valence-electron chi connectivity index (χ2n) is 7.25. The highest BCUT2D eigenvalue weighted by Crippen LogP contribution is 2.20. The first-order chi connectivity index (χ1) is 13.7. The van der Waals surface area contributed by atoms with Gasteiger partial charge in [0, 0.05) is 18.8 Å². The topological polar surface area (TPSA) is 75.5 Å². The summed E-state index contributed by atoms with van der Waals surface area (Å²) in [5, 5.41) is 8.89. The van der Waals surface area contributed by atoms with Gasteiger partial charge in [-0.05, 0) is 54.4 Å². The lowest BCUT2D eigenvalue weighted by atomic mass is 10.1. The summed E-state index contributed by atoms with van der Waals surface area (Å²) in [6.45, 7) is 1.56. The van der Waals surface area contributed by atoms with Crippen molar-refractivity contribution in [1.29, 1.82) is 0 Å². The highest BCUT2D eigenvalue weighted by Gasteiger charge is 2.18. The van der Waals surface area contributed by atoms with E-state index in [0.717, 1.165) is 30.2 Å². The lowest BCUT2D eigenvalue weighted by Gasteiger charge is -2.13. The van der Waals surface area contributed by atoms with Gasteiger partial charge in [0.05, 0.1) is 16.5 Å². The monoisotopic (exact) mass is 372 g/mol. The second-order valence-corrected chi connectivity index (χ2v) is 7.25. The van der Waals surface area contributed by atoms with Gasteiger partial charge in [-0.15, -0.1) is 0 Å². The number of amides is 1. The van der Waals surface area contributed by atoms with Crippen LogP contribution in [-0.2, 0) is 0 Å². The molecule has 1 amide bonds. The Hall–Kier alpha value is -3.25. The van der Waals surface area contributed by atoms with E-state index in [1.165, 1.54) is 4.40 Å². The fraction of sp³-hybridized carbons (Fsp3) is 0.227. The standard InChI is InChI=1S/C22H20N4O2/c27-21(24-13-16-7-3-9-23-16)17-8-4-10-26-20(17)25-19-12-15-6-2-1-5-14(15)11-18(19)22(26)28/h1-2,4-6,8,10-12,16,23H,3,7,9,13H2,(H,24,27). The Kier molecular flexibility index (Phi) is 4.06. The molecule has 1 atom stereocenters. The van der Waals surface area contributed by atoms with Crippen LogP contribution in [0.25, 0.3) is 27.3 Å². The van der Waals surface area contributed by atoms with Crippen LogP contribution < -0.4 is 16.2 Å². The zero-order valence-electron chi connectivity index (χ0n) is 15.3. The number of fused-ring (bicyclic) bond motifs is 3. The third-order valence-electron chi connectivity index (χ3n) is 5.42. The van der Waals surface area contributed by atoms with Crippen LogP contribution >= 0.6 is 0 Å². The lowest BCUT2D eigenvalue weighted by Crippen LogP contribution is -2.37. The SMILES string of the molecule is O=C(NCC1CCCN1)c1cccn2c(=O)c3cc4ccccc4cc3nc12. The molecule has 0 saturated carbocycles. The number of hydrogen-bond acceptors (Lipinski definition) is 4. The summed E-state index contributed by atoms with van der Waals surface area (Å²) in [4.78, 5) is 30.5. The average Bonchev–Trinajstić information content (AvgIpc) is 3.24. The molecule has 3 heterocycles. The van der Waals surface area contributed by atoms with Crippen LogP contribution in [-0.4, -0.2) is 34.4 Å². The molecule has 1 fully saturated rings. The largest absolute Gasteiger partial charge is 0.350 e. The number of pyridine rings is 1. The van der Waals surface area contributed by atoms with Crippen LogP contribution in [0.1, 0.15) is 23.2 Å². The van der Waals surface area contributed by atoms with Crippen LogP contribution in [0.5, 0.6) is 0 Å². The first-order valence-electron chi connectivity index (χ1n) is 9.56. The van der Waals surface area contributed by atoms with E-state index in [1.54, 1.807) is 18.3 Å². The van der Waals surface area contributed by atoms with Gasteiger partial charge in [0.1, 0.15) is 0 Å². The van der Waals surface area contributed by atoms with Gasteiger partial charge >= 0.3 is 0 Å². The van der Waals surface area contributed by atoms with Crippen LogP contribution in [0.2, 0.25) is 0 Å². The van der Waals surface area contributed by atoms with Crippen molar-refractivity contribution in [1.82, 2.24) is 20.0 Å². The van der Waals surface area contributed by atoms with E-state index < -0.39 is 0 Å². The molecule has 0 radical (unpaired) electrons. The molecule has 2 aromatic heterocycles. The Morgan fingerprint density at radius 3 is 2.79 bits per heavy atom. The number of aromatic nitrogens is 2. The first kappa shape index (κ1) is 16.9. The van der Waals surface area contributed by atoms with E-state index in [9.17, 15) is 9.59 Å². The molecule has 0 spiro atoms. The number of nitrogens with zero attached hydrogens (tertiary/aromatic N) is 2. The van der Waals surface area contributed by atoms with Crippen molar-refractivity contribution in [2.45, 2.75) is 18.9 Å². The summed E-state index contributed by atoms with van der Waals surface area (Å²) in [7, 11) is 0. The molecule has 6 heteroatoms. The van der Waals surface area contributed by atoms with Gasteiger partial charge < -0.3 is 10.6 Å². The molecule has 6 nitrogen and oxygen atoms in total. The van der Waals surface area contributed by atoms with Gasteiger partial charge in [-0.3, -0.25) is 14.0 Å². The predicted molar refractivity (Wildman–Crippen MR) is 110 cm³/mol. The number of carbonyl (C=O) groups excluding carboxylic acids is 1. The number of nitrogens with one attached hydrogen (secondary N) is 2. The van der Waals surface area contributed by atoms with Crippen LogP contribution in [0.15, 0.2) is 59.5 Å².